The smallest absolute Gasteiger partial charge is 0.119 e. The largest absolute Gasteiger partial charge is 0.497 e. The van der Waals surface area contributed by atoms with Crippen molar-refractivity contribution in [2.24, 2.45) is 5.73 Å². The van der Waals surface area contributed by atoms with E-state index in [1.54, 1.807) is 18.9 Å². The first-order valence-electron chi connectivity index (χ1n) is 6.87. The summed E-state index contributed by atoms with van der Waals surface area (Å²) in [6.07, 6.45) is 1.96. The first kappa shape index (κ1) is 14.9. The van der Waals surface area contributed by atoms with Crippen molar-refractivity contribution < 1.29 is 4.74 Å². The topological polar surface area (TPSA) is 35.2 Å². The highest BCUT2D eigenvalue weighted by molar-refractivity contribution is 7.99. The Morgan fingerprint density at radius 2 is 1.85 bits per heavy atom. The van der Waals surface area contributed by atoms with Crippen LogP contribution in [0.4, 0.5) is 0 Å². The summed E-state index contributed by atoms with van der Waals surface area (Å²) in [4.78, 5) is 2.41. The van der Waals surface area contributed by atoms with Crippen LogP contribution in [0.3, 0.4) is 0 Å². The van der Waals surface area contributed by atoms with Gasteiger partial charge in [-0.2, -0.15) is 0 Å². The standard InChI is InChI=1S/C17H21NOS/c1-3-14(18)11-13-7-9-16(10-8-13)20-17-6-4-5-15(12-17)19-2/h4-10,12,14H,3,11,18H2,1-2H3. The summed E-state index contributed by atoms with van der Waals surface area (Å²) in [7, 11) is 1.69. The van der Waals surface area contributed by atoms with Crippen molar-refractivity contribution in [2.75, 3.05) is 7.11 Å². The highest BCUT2D eigenvalue weighted by Gasteiger charge is 2.03. The van der Waals surface area contributed by atoms with Crippen LogP contribution in [0.15, 0.2) is 58.3 Å². The lowest BCUT2D eigenvalue weighted by molar-refractivity contribution is 0.413. The fraction of sp³-hybridized carbons (Fsp3) is 0.294. The minimum atomic E-state index is 0.256. The molecule has 0 saturated carbocycles. The lowest BCUT2D eigenvalue weighted by Crippen LogP contribution is -2.21. The molecule has 106 valence electrons. The summed E-state index contributed by atoms with van der Waals surface area (Å²) in [6, 6.07) is 17.0. The maximum Gasteiger partial charge on any atom is 0.119 e. The van der Waals surface area contributed by atoms with Crippen LogP contribution >= 0.6 is 11.8 Å². The van der Waals surface area contributed by atoms with Crippen molar-refractivity contribution in [3.8, 4) is 5.75 Å². The molecule has 0 saturated heterocycles. The second-order valence-corrected chi connectivity index (χ2v) is 5.94. The second-order valence-electron chi connectivity index (χ2n) is 4.80. The second kappa shape index (κ2) is 7.36. The zero-order valence-electron chi connectivity index (χ0n) is 12.0. The first-order valence-corrected chi connectivity index (χ1v) is 7.69. The van der Waals surface area contributed by atoms with Crippen molar-refractivity contribution >= 4 is 11.8 Å². The Bertz CT molecular complexity index is 539. The predicted molar refractivity (Wildman–Crippen MR) is 85.5 cm³/mol. The van der Waals surface area contributed by atoms with E-state index < -0.39 is 0 Å². The molecule has 0 aliphatic heterocycles. The molecule has 20 heavy (non-hydrogen) atoms. The Morgan fingerprint density at radius 1 is 1.10 bits per heavy atom. The summed E-state index contributed by atoms with van der Waals surface area (Å²) in [5.41, 5.74) is 7.28. The van der Waals surface area contributed by atoms with Gasteiger partial charge < -0.3 is 10.5 Å². The third-order valence-electron chi connectivity index (χ3n) is 3.22. The first-order chi connectivity index (χ1) is 9.71. The average molecular weight is 287 g/mol. The summed E-state index contributed by atoms with van der Waals surface area (Å²) < 4.78 is 5.24. The molecule has 2 N–H and O–H groups in total. The van der Waals surface area contributed by atoms with Gasteiger partial charge in [-0.05, 0) is 48.7 Å². The minimum absolute atomic E-state index is 0.256. The van der Waals surface area contributed by atoms with Gasteiger partial charge in [-0.25, -0.2) is 0 Å². The molecule has 0 spiro atoms. The molecular formula is C17H21NOS. The molecule has 1 unspecified atom stereocenters. The summed E-state index contributed by atoms with van der Waals surface area (Å²) in [5, 5.41) is 0. The number of ether oxygens (including phenoxy) is 1. The number of nitrogens with two attached hydrogens (primary N) is 1. The summed E-state index contributed by atoms with van der Waals surface area (Å²) in [6.45, 7) is 2.12. The Balaban J connectivity index is 2.02. The van der Waals surface area contributed by atoms with Crippen LogP contribution in [-0.2, 0) is 6.42 Å². The van der Waals surface area contributed by atoms with Gasteiger partial charge in [-0.3, -0.25) is 0 Å². The van der Waals surface area contributed by atoms with Crippen molar-refractivity contribution in [1.82, 2.24) is 0 Å². The zero-order valence-corrected chi connectivity index (χ0v) is 12.8. The van der Waals surface area contributed by atoms with E-state index in [4.69, 9.17) is 10.5 Å². The number of hydrogen-bond donors (Lipinski definition) is 1. The third kappa shape index (κ3) is 4.29. The van der Waals surface area contributed by atoms with E-state index in [9.17, 15) is 0 Å². The molecule has 2 rings (SSSR count). The quantitative estimate of drug-likeness (QED) is 0.867. The van der Waals surface area contributed by atoms with Crippen LogP contribution < -0.4 is 10.5 Å². The molecule has 1 atom stereocenters. The molecule has 0 aromatic heterocycles. The Morgan fingerprint density at radius 3 is 2.50 bits per heavy atom. The molecule has 0 radical (unpaired) electrons. The van der Waals surface area contributed by atoms with Crippen molar-refractivity contribution in [1.29, 1.82) is 0 Å². The number of rotatable bonds is 6. The molecular weight excluding hydrogens is 266 g/mol. The minimum Gasteiger partial charge on any atom is -0.497 e. The number of hydrogen-bond acceptors (Lipinski definition) is 3. The van der Waals surface area contributed by atoms with Gasteiger partial charge in [-0.15, -0.1) is 0 Å². The van der Waals surface area contributed by atoms with E-state index in [2.05, 4.69) is 37.3 Å². The van der Waals surface area contributed by atoms with Gasteiger partial charge in [0.2, 0.25) is 0 Å². The van der Waals surface area contributed by atoms with Crippen molar-refractivity contribution in [3.63, 3.8) is 0 Å². The van der Waals surface area contributed by atoms with E-state index in [0.29, 0.717) is 0 Å². The van der Waals surface area contributed by atoms with Gasteiger partial charge in [0.05, 0.1) is 7.11 Å². The molecule has 2 aromatic rings. The fourth-order valence-electron chi connectivity index (χ4n) is 1.94. The molecule has 0 heterocycles. The third-order valence-corrected chi connectivity index (χ3v) is 4.22. The van der Waals surface area contributed by atoms with E-state index in [-0.39, 0.29) is 6.04 Å². The molecule has 0 amide bonds. The van der Waals surface area contributed by atoms with E-state index in [1.165, 1.54) is 15.4 Å². The van der Waals surface area contributed by atoms with Crippen molar-refractivity contribution in [3.05, 3.63) is 54.1 Å². The van der Waals surface area contributed by atoms with Gasteiger partial charge in [0.25, 0.3) is 0 Å². The van der Waals surface area contributed by atoms with Crippen LogP contribution in [0, 0.1) is 0 Å². The van der Waals surface area contributed by atoms with Crippen LogP contribution in [-0.4, -0.2) is 13.2 Å². The van der Waals surface area contributed by atoms with Crippen LogP contribution in [0.25, 0.3) is 0 Å². The van der Waals surface area contributed by atoms with Gasteiger partial charge in [0.1, 0.15) is 5.75 Å². The lowest BCUT2D eigenvalue weighted by Gasteiger charge is -2.09. The molecule has 0 aliphatic carbocycles. The molecule has 2 aromatic carbocycles. The van der Waals surface area contributed by atoms with Gasteiger partial charge in [0, 0.05) is 15.8 Å². The molecule has 2 nitrogen and oxygen atoms in total. The van der Waals surface area contributed by atoms with Crippen molar-refractivity contribution in [2.45, 2.75) is 35.6 Å². The molecule has 0 aliphatic rings. The summed E-state index contributed by atoms with van der Waals surface area (Å²) >= 11 is 1.74. The molecule has 0 bridgehead atoms. The van der Waals surface area contributed by atoms with E-state index in [0.717, 1.165) is 18.6 Å². The van der Waals surface area contributed by atoms with E-state index in [1.807, 2.05) is 18.2 Å². The normalized spacial score (nSPS) is 12.2. The Kier molecular flexibility index (Phi) is 5.50. The Hall–Kier alpha value is -1.45. The molecule has 0 fully saturated rings. The van der Waals surface area contributed by atoms with Crippen LogP contribution in [0.2, 0.25) is 0 Å². The summed E-state index contributed by atoms with van der Waals surface area (Å²) in [5.74, 6) is 0.889. The van der Waals surface area contributed by atoms with Gasteiger partial charge in [0.15, 0.2) is 0 Å². The predicted octanol–water partition coefficient (Wildman–Crippen LogP) is 4.13. The highest BCUT2D eigenvalue weighted by atomic mass is 32.2. The maximum absolute atomic E-state index is 5.98. The lowest BCUT2D eigenvalue weighted by atomic mass is 10.1. The average Bonchev–Trinajstić information content (AvgIpc) is 2.49. The number of benzene rings is 2. The van der Waals surface area contributed by atoms with E-state index >= 15 is 0 Å². The fourth-order valence-corrected chi connectivity index (χ4v) is 2.81. The maximum atomic E-state index is 5.98. The molecule has 3 heteroatoms. The number of methoxy groups -OCH3 is 1. The highest BCUT2D eigenvalue weighted by Crippen LogP contribution is 2.30. The SMILES string of the molecule is CCC(N)Cc1ccc(Sc2cccc(OC)c2)cc1. The van der Waals surface area contributed by atoms with Crippen LogP contribution in [0.5, 0.6) is 5.75 Å². The zero-order chi connectivity index (χ0) is 14.4. The monoisotopic (exact) mass is 287 g/mol. The van der Waals surface area contributed by atoms with Crippen LogP contribution in [0.1, 0.15) is 18.9 Å². The Labute approximate surface area is 125 Å². The van der Waals surface area contributed by atoms with Gasteiger partial charge in [-0.1, -0.05) is 36.9 Å². The van der Waals surface area contributed by atoms with Gasteiger partial charge >= 0.3 is 0 Å².